The molecule has 106 valence electrons. The largest absolute Gasteiger partial charge is 0.444 e. The molecule has 0 aromatic rings. The molecule has 1 rings (SSSR count). The molecule has 2 N–H and O–H groups in total. The summed E-state index contributed by atoms with van der Waals surface area (Å²) in [6.45, 7) is 11.2. The first-order chi connectivity index (χ1) is 8.19. The van der Waals surface area contributed by atoms with Crippen LogP contribution in [0.1, 0.15) is 53.9 Å². The lowest BCUT2D eigenvalue weighted by Crippen LogP contribution is -2.42. The van der Waals surface area contributed by atoms with Crippen LogP contribution in [0.2, 0.25) is 0 Å². The number of carbonyl (C=O) groups is 1. The van der Waals surface area contributed by atoms with E-state index in [1.54, 1.807) is 4.90 Å². The number of amides is 1. The van der Waals surface area contributed by atoms with E-state index in [9.17, 15) is 4.79 Å². The predicted octanol–water partition coefficient (Wildman–Crippen LogP) is 2.76. The van der Waals surface area contributed by atoms with Crippen molar-refractivity contribution >= 4 is 6.09 Å². The number of nitrogens with zero attached hydrogens (tertiary/aromatic N) is 1. The van der Waals surface area contributed by atoms with Gasteiger partial charge >= 0.3 is 6.09 Å². The Morgan fingerprint density at radius 1 is 1.39 bits per heavy atom. The molecule has 18 heavy (non-hydrogen) atoms. The Hall–Kier alpha value is -0.770. The van der Waals surface area contributed by atoms with Gasteiger partial charge in [-0.1, -0.05) is 0 Å². The maximum Gasteiger partial charge on any atom is 0.410 e. The number of hydrogen-bond acceptors (Lipinski definition) is 3. The second kappa shape index (κ2) is 5.47. The molecular weight excluding hydrogens is 228 g/mol. The molecule has 1 saturated carbocycles. The zero-order chi connectivity index (χ0) is 14.0. The third-order valence-electron chi connectivity index (χ3n) is 3.52. The van der Waals surface area contributed by atoms with Crippen molar-refractivity contribution in [1.29, 1.82) is 0 Å². The standard InChI is InChI=1S/C14H28N2O2/c1-11(2)16(12(17)18-13(3,4)5)9-8-14(10-15)6-7-14/h11H,6-10,15H2,1-5H3. The normalized spacial score (nSPS) is 17.7. The van der Waals surface area contributed by atoms with Gasteiger partial charge in [-0.15, -0.1) is 0 Å². The molecule has 0 spiro atoms. The number of hydrogen-bond donors (Lipinski definition) is 1. The Morgan fingerprint density at radius 3 is 2.28 bits per heavy atom. The summed E-state index contributed by atoms with van der Waals surface area (Å²) in [6, 6.07) is 0.161. The van der Waals surface area contributed by atoms with Crippen LogP contribution in [-0.4, -0.2) is 35.7 Å². The van der Waals surface area contributed by atoms with Crippen LogP contribution >= 0.6 is 0 Å². The van der Waals surface area contributed by atoms with Crippen molar-refractivity contribution in [2.45, 2.75) is 65.5 Å². The van der Waals surface area contributed by atoms with Crippen LogP contribution < -0.4 is 5.73 Å². The molecule has 4 nitrogen and oxygen atoms in total. The summed E-state index contributed by atoms with van der Waals surface area (Å²) in [5.41, 5.74) is 5.64. The van der Waals surface area contributed by atoms with Gasteiger partial charge in [-0.05, 0) is 65.8 Å². The van der Waals surface area contributed by atoms with Gasteiger partial charge in [0.15, 0.2) is 0 Å². The average Bonchev–Trinajstić information content (AvgIpc) is 2.95. The topological polar surface area (TPSA) is 55.6 Å². The Kier molecular flexibility index (Phi) is 4.65. The van der Waals surface area contributed by atoms with Crippen LogP contribution in [0.15, 0.2) is 0 Å². The second-order valence-electron chi connectivity index (χ2n) is 6.72. The van der Waals surface area contributed by atoms with Crippen LogP contribution in [0.3, 0.4) is 0 Å². The lowest BCUT2D eigenvalue weighted by Gasteiger charge is -2.31. The first-order valence-electron chi connectivity index (χ1n) is 6.89. The second-order valence-corrected chi connectivity index (χ2v) is 6.72. The molecule has 0 heterocycles. The summed E-state index contributed by atoms with van der Waals surface area (Å²) in [7, 11) is 0. The Balaban J connectivity index is 2.52. The van der Waals surface area contributed by atoms with Gasteiger partial charge in [0.25, 0.3) is 0 Å². The van der Waals surface area contributed by atoms with Crippen molar-refractivity contribution in [1.82, 2.24) is 4.90 Å². The smallest absolute Gasteiger partial charge is 0.410 e. The zero-order valence-electron chi connectivity index (χ0n) is 12.5. The van der Waals surface area contributed by atoms with Gasteiger partial charge in [-0.3, -0.25) is 0 Å². The van der Waals surface area contributed by atoms with Gasteiger partial charge in [-0.2, -0.15) is 0 Å². The fraction of sp³-hybridized carbons (Fsp3) is 0.929. The van der Waals surface area contributed by atoms with Crippen molar-refractivity contribution in [2.24, 2.45) is 11.1 Å². The molecule has 0 aromatic carbocycles. The lowest BCUT2D eigenvalue weighted by molar-refractivity contribution is 0.0178. The fourth-order valence-electron chi connectivity index (χ4n) is 1.97. The molecule has 1 aliphatic carbocycles. The summed E-state index contributed by atoms with van der Waals surface area (Å²) in [4.78, 5) is 13.9. The quantitative estimate of drug-likeness (QED) is 0.823. The van der Waals surface area contributed by atoms with Crippen molar-refractivity contribution in [2.75, 3.05) is 13.1 Å². The van der Waals surface area contributed by atoms with E-state index in [0.29, 0.717) is 5.41 Å². The third kappa shape index (κ3) is 4.48. The fourth-order valence-corrected chi connectivity index (χ4v) is 1.97. The SMILES string of the molecule is CC(C)N(CCC1(CN)CC1)C(=O)OC(C)(C)C. The minimum Gasteiger partial charge on any atom is -0.444 e. The van der Waals surface area contributed by atoms with Gasteiger partial charge < -0.3 is 15.4 Å². The third-order valence-corrected chi connectivity index (χ3v) is 3.52. The Bertz CT molecular complexity index is 291. The average molecular weight is 256 g/mol. The molecular formula is C14H28N2O2. The Morgan fingerprint density at radius 2 is 1.94 bits per heavy atom. The summed E-state index contributed by atoms with van der Waals surface area (Å²) in [6.07, 6.45) is 3.17. The zero-order valence-corrected chi connectivity index (χ0v) is 12.5. The summed E-state index contributed by atoms with van der Waals surface area (Å²) < 4.78 is 5.44. The number of ether oxygens (including phenoxy) is 1. The minimum absolute atomic E-state index is 0.161. The molecule has 1 aliphatic rings. The Labute approximate surface area is 111 Å². The predicted molar refractivity (Wildman–Crippen MR) is 73.4 cm³/mol. The van der Waals surface area contributed by atoms with Crippen LogP contribution in [0, 0.1) is 5.41 Å². The summed E-state index contributed by atoms with van der Waals surface area (Å²) >= 11 is 0. The van der Waals surface area contributed by atoms with Gasteiger partial charge in [0.2, 0.25) is 0 Å². The molecule has 0 bridgehead atoms. The molecule has 4 heteroatoms. The van der Waals surface area contributed by atoms with Crippen LogP contribution in [0.4, 0.5) is 4.79 Å². The number of rotatable bonds is 5. The molecule has 0 radical (unpaired) electrons. The molecule has 1 amide bonds. The van der Waals surface area contributed by atoms with E-state index in [1.165, 1.54) is 12.8 Å². The molecule has 0 aromatic heterocycles. The lowest BCUT2D eigenvalue weighted by atomic mass is 10.0. The highest BCUT2D eigenvalue weighted by Gasteiger charge is 2.41. The first kappa shape index (κ1) is 15.3. The van der Waals surface area contributed by atoms with Crippen molar-refractivity contribution < 1.29 is 9.53 Å². The van der Waals surface area contributed by atoms with Gasteiger partial charge in [0.1, 0.15) is 5.60 Å². The van der Waals surface area contributed by atoms with Crippen molar-refractivity contribution in [3.63, 3.8) is 0 Å². The molecule has 0 atom stereocenters. The first-order valence-corrected chi connectivity index (χ1v) is 6.89. The molecule has 0 unspecified atom stereocenters. The van der Waals surface area contributed by atoms with E-state index >= 15 is 0 Å². The van der Waals surface area contributed by atoms with E-state index in [-0.39, 0.29) is 12.1 Å². The number of carbonyl (C=O) groups excluding carboxylic acids is 1. The van der Waals surface area contributed by atoms with Crippen molar-refractivity contribution in [3.8, 4) is 0 Å². The molecule has 0 aliphatic heterocycles. The van der Waals surface area contributed by atoms with Crippen molar-refractivity contribution in [3.05, 3.63) is 0 Å². The van der Waals surface area contributed by atoms with Crippen LogP contribution in [-0.2, 0) is 4.74 Å². The maximum atomic E-state index is 12.1. The monoisotopic (exact) mass is 256 g/mol. The van der Waals surface area contributed by atoms with E-state index in [0.717, 1.165) is 19.5 Å². The van der Waals surface area contributed by atoms with Crippen LogP contribution in [0.5, 0.6) is 0 Å². The van der Waals surface area contributed by atoms with E-state index in [1.807, 2.05) is 34.6 Å². The van der Waals surface area contributed by atoms with Gasteiger partial charge in [0.05, 0.1) is 0 Å². The highest BCUT2D eigenvalue weighted by molar-refractivity contribution is 5.68. The molecule has 0 saturated heterocycles. The highest BCUT2D eigenvalue weighted by atomic mass is 16.6. The number of nitrogens with two attached hydrogens (primary N) is 1. The van der Waals surface area contributed by atoms with Crippen LogP contribution in [0.25, 0.3) is 0 Å². The van der Waals surface area contributed by atoms with E-state index in [4.69, 9.17) is 10.5 Å². The molecule has 1 fully saturated rings. The summed E-state index contributed by atoms with van der Waals surface area (Å²) in [5.74, 6) is 0. The highest BCUT2D eigenvalue weighted by Crippen LogP contribution is 2.47. The minimum atomic E-state index is -0.435. The van der Waals surface area contributed by atoms with Gasteiger partial charge in [0, 0.05) is 12.6 Å². The maximum absolute atomic E-state index is 12.1. The van der Waals surface area contributed by atoms with E-state index < -0.39 is 5.60 Å². The van der Waals surface area contributed by atoms with E-state index in [2.05, 4.69) is 0 Å². The van der Waals surface area contributed by atoms with Gasteiger partial charge in [-0.25, -0.2) is 4.79 Å². The summed E-state index contributed by atoms with van der Waals surface area (Å²) in [5, 5.41) is 0.